The Bertz CT molecular complexity index is 398. The Hall–Kier alpha value is -1.76. The molecule has 5 nitrogen and oxygen atoms in total. The maximum atomic E-state index is 13.0. The molecule has 0 saturated carbocycles. The van der Waals surface area contributed by atoms with Crippen LogP contribution in [-0.4, -0.2) is 16.7 Å². The fraction of sp³-hybridized carbons (Fsp3) is 0.250. The van der Waals surface area contributed by atoms with Gasteiger partial charge in [-0.25, -0.2) is 8.78 Å². The molecule has 0 aliphatic carbocycles. The van der Waals surface area contributed by atoms with Gasteiger partial charge in [-0.1, -0.05) is 0 Å². The molecule has 0 aromatic heterocycles. The molecule has 0 fully saturated rings. The van der Waals surface area contributed by atoms with E-state index in [9.17, 15) is 18.9 Å². The van der Waals surface area contributed by atoms with E-state index in [1.165, 1.54) is 0 Å². The molecule has 1 atom stereocenters. The van der Waals surface area contributed by atoms with Crippen molar-refractivity contribution in [2.45, 2.75) is 6.04 Å². The predicted molar refractivity (Wildman–Crippen MR) is 47.6 cm³/mol. The molecule has 1 aromatic carbocycles. The van der Waals surface area contributed by atoms with Gasteiger partial charge in [0.1, 0.15) is 6.67 Å². The zero-order valence-corrected chi connectivity index (χ0v) is 7.48. The van der Waals surface area contributed by atoms with Crippen molar-refractivity contribution in [3.05, 3.63) is 33.6 Å². The second-order valence-corrected chi connectivity index (χ2v) is 2.88. The molecule has 3 N–H and O–H groups in total. The number of halogens is 2. The minimum absolute atomic E-state index is 0.316. The summed E-state index contributed by atoms with van der Waals surface area (Å²) in [6.45, 7) is -1.05. The van der Waals surface area contributed by atoms with E-state index in [-0.39, 0.29) is 5.56 Å². The number of phenols is 1. The molecule has 0 aliphatic heterocycles. The van der Waals surface area contributed by atoms with Crippen molar-refractivity contribution < 1.29 is 18.8 Å². The molecule has 82 valence electrons. The summed E-state index contributed by atoms with van der Waals surface area (Å²) in [4.78, 5) is 9.50. The number of alkyl halides is 1. The zero-order valence-electron chi connectivity index (χ0n) is 7.48. The Kier molecular flexibility index (Phi) is 3.15. The summed E-state index contributed by atoms with van der Waals surface area (Å²) in [5, 5.41) is 19.5. The highest BCUT2D eigenvalue weighted by Crippen LogP contribution is 2.30. The summed E-state index contributed by atoms with van der Waals surface area (Å²) in [5.74, 6) is -2.05. The predicted octanol–water partition coefficient (Wildman–Crippen LogP) is 1.41. The van der Waals surface area contributed by atoms with E-state index >= 15 is 0 Å². The van der Waals surface area contributed by atoms with Gasteiger partial charge in [0, 0.05) is 11.6 Å². The van der Waals surface area contributed by atoms with Crippen molar-refractivity contribution >= 4 is 5.69 Å². The molecule has 1 aromatic rings. The van der Waals surface area contributed by atoms with Gasteiger partial charge in [-0.05, 0) is 0 Å². The molecule has 0 radical (unpaired) electrons. The van der Waals surface area contributed by atoms with Crippen molar-refractivity contribution in [1.82, 2.24) is 0 Å². The molecule has 0 saturated heterocycles. The van der Waals surface area contributed by atoms with Crippen LogP contribution in [0.1, 0.15) is 11.6 Å². The molecule has 7 heteroatoms. The lowest BCUT2D eigenvalue weighted by Gasteiger charge is -2.09. The highest BCUT2D eigenvalue weighted by molar-refractivity contribution is 5.45. The van der Waals surface area contributed by atoms with E-state index in [0.29, 0.717) is 6.07 Å². The van der Waals surface area contributed by atoms with E-state index in [0.717, 1.165) is 6.07 Å². The Balaban J connectivity index is 3.31. The van der Waals surface area contributed by atoms with Crippen LogP contribution in [0.4, 0.5) is 14.5 Å². The maximum absolute atomic E-state index is 13.0. The number of rotatable bonds is 3. The number of non-ortho nitro benzene ring substituents is 1. The van der Waals surface area contributed by atoms with E-state index in [1.54, 1.807) is 0 Å². The minimum Gasteiger partial charge on any atom is -0.505 e. The van der Waals surface area contributed by atoms with E-state index < -0.39 is 34.9 Å². The monoisotopic (exact) mass is 218 g/mol. The topological polar surface area (TPSA) is 89.4 Å². The van der Waals surface area contributed by atoms with Crippen LogP contribution in [0.3, 0.4) is 0 Å². The molecule has 0 amide bonds. The summed E-state index contributed by atoms with van der Waals surface area (Å²) in [6, 6.07) is 0.117. The highest BCUT2D eigenvalue weighted by Gasteiger charge is 2.20. The fourth-order valence-electron chi connectivity index (χ4n) is 1.08. The first-order valence-electron chi connectivity index (χ1n) is 3.95. The lowest BCUT2D eigenvalue weighted by molar-refractivity contribution is -0.385. The quantitative estimate of drug-likeness (QED) is 0.592. The molecular formula is C8H8F2N2O3. The molecule has 15 heavy (non-hydrogen) atoms. The second kappa shape index (κ2) is 4.18. The van der Waals surface area contributed by atoms with Gasteiger partial charge in [-0.15, -0.1) is 0 Å². The van der Waals surface area contributed by atoms with Crippen molar-refractivity contribution in [2.24, 2.45) is 5.73 Å². The average molecular weight is 218 g/mol. The van der Waals surface area contributed by atoms with Crippen LogP contribution in [0.5, 0.6) is 5.75 Å². The van der Waals surface area contributed by atoms with Crippen molar-refractivity contribution in [2.75, 3.05) is 6.67 Å². The average Bonchev–Trinajstić information content (AvgIpc) is 2.20. The summed E-state index contributed by atoms with van der Waals surface area (Å²) < 4.78 is 25.2. The van der Waals surface area contributed by atoms with E-state index in [2.05, 4.69) is 0 Å². The second-order valence-electron chi connectivity index (χ2n) is 2.88. The molecule has 0 bridgehead atoms. The van der Waals surface area contributed by atoms with Gasteiger partial charge in [-0.3, -0.25) is 10.1 Å². The normalized spacial score (nSPS) is 12.5. The Morgan fingerprint density at radius 1 is 1.60 bits per heavy atom. The molecule has 1 rings (SSSR count). The summed E-state index contributed by atoms with van der Waals surface area (Å²) in [5.41, 5.74) is 4.31. The van der Waals surface area contributed by atoms with E-state index in [1.807, 2.05) is 0 Å². The number of phenolic OH excluding ortho intramolecular Hbond substituents is 1. The van der Waals surface area contributed by atoms with Crippen molar-refractivity contribution in [3.8, 4) is 5.75 Å². The third-order valence-corrected chi connectivity index (χ3v) is 1.85. The summed E-state index contributed by atoms with van der Waals surface area (Å²) >= 11 is 0. The standard InChI is InChI=1S/C8H8F2N2O3/c9-3-7(11)5-1-4(12(14)15)2-6(10)8(5)13/h1-2,7,13H,3,11H2/t7-/m1/s1. The largest absolute Gasteiger partial charge is 0.505 e. The number of nitrogens with zero attached hydrogens (tertiary/aromatic N) is 1. The number of nitrogens with two attached hydrogens (primary N) is 1. The highest BCUT2D eigenvalue weighted by atomic mass is 19.1. The SMILES string of the molecule is N[C@H](CF)c1cc([N+](=O)[O-])cc(F)c1O. The number of hydrogen-bond donors (Lipinski definition) is 2. The fourth-order valence-corrected chi connectivity index (χ4v) is 1.08. The molecular weight excluding hydrogens is 210 g/mol. The summed E-state index contributed by atoms with van der Waals surface area (Å²) in [6.07, 6.45) is 0. The van der Waals surface area contributed by atoms with Crippen LogP contribution >= 0.6 is 0 Å². The van der Waals surface area contributed by atoms with Crippen LogP contribution in [0, 0.1) is 15.9 Å². The first kappa shape index (κ1) is 11.3. The number of hydrogen-bond acceptors (Lipinski definition) is 4. The first-order chi connectivity index (χ1) is 6.97. The Morgan fingerprint density at radius 2 is 2.20 bits per heavy atom. The van der Waals surface area contributed by atoms with Crippen molar-refractivity contribution in [3.63, 3.8) is 0 Å². The van der Waals surface area contributed by atoms with Gasteiger partial charge < -0.3 is 10.8 Å². The Morgan fingerprint density at radius 3 is 2.67 bits per heavy atom. The first-order valence-corrected chi connectivity index (χ1v) is 3.95. The maximum Gasteiger partial charge on any atom is 0.272 e. The third-order valence-electron chi connectivity index (χ3n) is 1.85. The molecule has 0 aliphatic rings. The summed E-state index contributed by atoms with van der Waals surface area (Å²) in [7, 11) is 0. The van der Waals surface area contributed by atoms with Crippen LogP contribution in [0.15, 0.2) is 12.1 Å². The number of nitro benzene ring substituents is 1. The van der Waals surface area contributed by atoms with Gasteiger partial charge in [-0.2, -0.15) is 0 Å². The van der Waals surface area contributed by atoms with Crippen LogP contribution in [-0.2, 0) is 0 Å². The third kappa shape index (κ3) is 2.18. The van der Waals surface area contributed by atoms with Gasteiger partial charge in [0.25, 0.3) is 5.69 Å². The molecule has 0 heterocycles. The number of aromatic hydroxyl groups is 1. The van der Waals surface area contributed by atoms with Gasteiger partial charge >= 0.3 is 0 Å². The van der Waals surface area contributed by atoms with Crippen LogP contribution < -0.4 is 5.73 Å². The molecule has 0 unspecified atom stereocenters. The van der Waals surface area contributed by atoms with Gasteiger partial charge in [0.05, 0.1) is 17.0 Å². The number of benzene rings is 1. The smallest absolute Gasteiger partial charge is 0.272 e. The lowest BCUT2D eigenvalue weighted by Crippen LogP contribution is -2.13. The number of nitro groups is 1. The Labute approximate surface area is 83.3 Å². The minimum atomic E-state index is -1.28. The van der Waals surface area contributed by atoms with Gasteiger partial charge in [0.15, 0.2) is 11.6 Å². The lowest BCUT2D eigenvalue weighted by atomic mass is 10.1. The molecule has 0 spiro atoms. The van der Waals surface area contributed by atoms with Gasteiger partial charge in [0.2, 0.25) is 0 Å². The van der Waals surface area contributed by atoms with E-state index in [4.69, 9.17) is 10.8 Å². The van der Waals surface area contributed by atoms with Crippen LogP contribution in [0.25, 0.3) is 0 Å². The zero-order chi connectivity index (χ0) is 11.6. The van der Waals surface area contributed by atoms with Crippen molar-refractivity contribution in [1.29, 1.82) is 0 Å². The van der Waals surface area contributed by atoms with Crippen LogP contribution in [0.2, 0.25) is 0 Å².